The molecule has 0 saturated heterocycles. The molecule has 6 nitrogen and oxygen atoms in total. The van der Waals surface area contributed by atoms with Gasteiger partial charge in [0.1, 0.15) is 0 Å². The topological polar surface area (TPSA) is 123 Å². The lowest BCUT2D eigenvalue weighted by molar-refractivity contribution is 0.226. The molecule has 0 aliphatic rings. The fraction of sp³-hybridized carbons (Fsp3) is 0.750. The SMILES string of the molecule is N=C(N)NCCC[Si](O)(O)O. The van der Waals surface area contributed by atoms with Crippen LogP contribution < -0.4 is 11.1 Å². The zero-order valence-electron chi connectivity index (χ0n) is 6.04. The highest BCUT2D eigenvalue weighted by Gasteiger charge is 2.25. The lowest BCUT2D eigenvalue weighted by atomic mass is 10.5. The van der Waals surface area contributed by atoms with Crippen molar-refractivity contribution >= 4 is 14.8 Å². The van der Waals surface area contributed by atoms with Crippen molar-refractivity contribution in [2.75, 3.05) is 6.54 Å². The molecule has 0 aliphatic carbocycles. The monoisotopic (exact) mass is 179 g/mol. The maximum absolute atomic E-state index is 8.52. The summed E-state index contributed by atoms with van der Waals surface area (Å²) in [5.74, 6) is -0.161. The first-order valence-electron chi connectivity index (χ1n) is 3.17. The molecule has 0 atom stereocenters. The van der Waals surface area contributed by atoms with Crippen molar-refractivity contribution in [2.45, 2.75) is 12.5 Å². The van der Waals surface area contributed by atoms with E-state index in [0.29, 0.717) is 13.0 Å². The Kier molecular flexibility index (Phi) is 4.04. The van der Waals surface area contributed by atoms with Crippen LogP contribution in [0.4, 0.5) is 0 Å². The Hall–Kier alpha value is -0.633. The Balaban J connectivity index is 3.22. The van der Waals surface area contributed by atoms with E-state index in [0.717, 1.165) is 0 Å². The number of guanidine groups is 1. The van der Waals surface area contributed by atoms with Gasteiger partial charge in [0.25, 0.3) is 0 Å². The van der Waals surface area contributed by atoms with Crippen LogP contribution in [0.2, 0.25) is 6.04 Å². The van der Waals surface area contributed by atoms with Gasteiger partial charge < -0.3 is 25.4 Å². The van der Waals surface area contributed by atoms with Crippen LogP contribution in [0.25, 0.3) is 0 Å². The first-order valence-corrected chi connectivity index (χ1v) is 5.22. The van der Waals surface area contributed by atoms with Gasteiger partial charge in [0.05, 0.1) is 0 Å². The van der Waals surface area contributed by atoms with Crippen molar-refractivity contribution in [1.82, 2.24) is 5.32 Å². The fourth-order valence-electron chi connectivity index (χ4n) is 0.549. The summed E-state index contributed by atoms with van der Waals surface area (Å²) in [5.41, 5.74) is 4.94. The van der Waals surface area contributed by atoms with Gasteiger partial charge in [-0.2, -0.15) is 0 Å². The van der Waals surface area contributed by atoms with Crippen LogP contribution in [0.5, 0.6) is 0 Å². The Morgan fingerprint density at radius 1 is 1.45 bits per heavy atom. The second-order valence-corrected chi connectivity index (χ2v) is 4.27. The summed E-state index contributed by atoms with van der Waals surface area (Å²) in [7, 11) is -3.88. The number of hydrogen-bond donors (Lipinski definition) is 6. The third-order valence-electron chi connectivity index (χ3n) is 1.00. The predicted octanol–water partition coefficient (Wildman–Crippen LogP) is -2.22. The molecule has 0 aliphatic heterocycles. The molecule has 11 heavy (non-hydrogen) atoms. The standard InChI is InChI=1S/C4H13N3O3Si/c5-4(6)7-2-1-3-11(8,9)10/h8-10H,1-3H2,(H4,5,6,7). The molecule has 0 amide bonds. The van der Waals surface area contributed by atoms with Gasteiger partial charge in [0.15, 0.2) is 5.96 Å². The van der Waals surface area contributed by atoms with E-state index in [2.05, 4.69) is 5.32 Å². The largest absolute Gasteiger partial charge is 0.492 e. The lowest BCUT2D eigenvalue weighted by Crippen LogP contribution is -2.36. The first-order chi connectivity index (χ1) is 4.92. The normalized spacial score (nSPS) is 11.2. The van der Waals surface area contributed by atoms with Gasteiger partial charge in [-0.1, -0.05) is 0 Å². The summed E-state index contributed by atoms with van der Waals surface area (Å²) in [6.07, 6.45) is 0.384. The van der Waals surface area contributed by atoms with E-state index >= 15 is 0 Å². The summed E-state index contributed by atoms with van der Waals surface area (Å²) in [6, 6.07) is -0.0344. The molecule has 0 radical (unpaired) electrons. The molecule has 0 saturated carbocycles. The predicted molar refractivity (Wildman–Crippen MR) is 41.8 cm³/mol. The highest BCUT2D eigenvalue weighted by Crippen LogP contribution is 1.98. The summed E-state index contributed by atoms with van der Waals surface area (Å²) >= 11 is 0. The van der Waals surface area contributed by atoms with Crippen molar-refractivity contribution in [2.24, 2.45) is 5.73 Å². The molecule has 0 aromatic carbocycles. The van der Waals surface area contributed by atoms with Crippen LogP contribution in [0.3, 0.4) is 0 Å². The molecule has 0 bridgehead atoms. The third kappa shape index (κ3) is 9.37. The van der Waals surface area contributed by atoms with Gasteiger partial charge in [0.2, 0.25) is 0 Å². The molecule has 7 N–H and O–H groups in total. The molecule has 0 aromatic heterocycles. The minimum atomic E-state index is -3.88. The van der Waals surface area contributed by atoms with Gasteiger partial charge in [0, 0.05) is 12.6 Å². The van der Waals surface area contributed by atoms with Gasteiger partial charge in [-0.25, -0.2) is 0 Å². The third-order valence-corrected chi connectivity index (χ3v) is 2.03. The lowest BCUT2D eigenvalue weighted by Gasteiger charge is -2.08. The smallest absolute Gasteiger partial charge is 0.390 e. The van der Waals surface area contributed by atoms with Crippen LogP contribution >= 0.6 is 0 Å². The summed E-state index contributed by atoms with van der Waals surface area (Å²) in [5, 5.41) is 9.19. The number of hydrogen-bond acceptors (Lipinski definition) is 4. The molecule has 66 valence electrons. The van der Waals surface area contributed by atoms with Crippen molar-refractivity contribution in [3.63, 3.8) is 0 Å². The fourth-order valence-corrected chi connectivity index (χ4v) is 1.20. The zero-order valence-corrected chi connectivity index (χ0v) is 7.04. The zero-order chi connectivity index (χ0) is 8.91. The second-order valence-electron chi connectivity index (χ2n) is 2.22. The van der Waals surface area contributed by atoms with Crippen molar-refractivity contribution in [3.8, 4) is 0 Å². The van der Waals surface area contributed by atoms with E-state index in [1.165, 1.54) is 0 Å². The van der Waals surface area contributed by atoms with Crippen LogP contribution in [0.15, 0.2) is 0 Å². The first kappa shape index (κ1) is 10.4. The van der Waals surface area contributed by atoms with E-state index in [-0.39, 0.29) is 12.0 Å². The summed E-state index contributed by atoms with van der Waals surface area (Å²) in [4.78, 5) is 25.6. The van der Waals surface area contributed by atoms with Gasteiger partial charge in [-0.05, 0) is 6.42 Å². The molecule has 0 spiro atoms. The van der Waals surface area contributed by atoms with E-state index in [9.17, 15) is 0 Å². The summed E-state index contributed by atoms with van der Waals surface area (Å²) < 4.78 is 0. The minimum Gasteiger partial charge on any atom is -0.390 e. The number of nitrogens with one attached hydrogen (secondary N) is 2. The van der Waals surface area contributed by atoms with Crippen LogP contribution in [0, 0.1) is 5.41 Å². The molecule has 0 rings (SSSR count). The van der Waals surface area contributed by atoms with Crippen molar-refractivity contribution < 1.29 is 14.4 Å². The molecule has 0 fully saturated rings. The molecule has 0 heterocycles. The number of rotatable bonds is 4. The van der Waals surface area contributed by atoms with E-state index in [1.54, 1.807) is 0 Å². The second kappa shape index (κ2) is 4.29. The minimum absolute atomic E-state index is 0.0344. The highest BCUT2D eigenvalue weighted by molar-refractivity contribution is 6.56. The maximum Gasteiger partial charge on any atom is 0.492 e. The highest BCUT2D eigenvalue weighted by atomic mass is 28.4. The Morgan fingerprint density at radius 2 is 2.00 bits per heavy atom. The maximum atomic E-state index is 8.52. The quantitative estimate of drug-likeness (QED) is 0.126. The van der Waals surface area contributed by atoms with Crippen molar-refractivity contribution in [3.05, 3.63) is 0 Å². The van der Waals surface area contributed by atoms with E-state index in [1.807, 2.05) is 0 Å². The van der Waals surface area contributed by atoms with Crippen molar-refractivity contribution in [1.29, 1.82) is 5.41 Å². The van der Waals surface area contributed by atoms with Gasteiger partial charge in [-0.15, -0.1) is 0 Å². The molecular formula is C4H13N3O3Si. The number of nitrogens with two attached hydrogens (primary N) is 1. The Morgan fingerprint density at radius 3 is 2.36 bits per heavy atom. The van der Waals surface area contributed by atoms with Crippen LogP contribution in [0.1, 0.15) is 6.42 Å². The molecule has 0 aromatic rings. The Labute approximate surface area is 65.5 Å². The van der Waals surface area contributed by atoms with Crippen LogP contribution in [-0.2, 0) is 0 Å². The summed E-state index contributed by atoms with van der Waals surface area (Å²) in [6.45, 7) is 0.367. The van der Waals surface area contributed by atoms with E-state index < -0.39 is 8.80 Å². The van der Waals surface area contributed by atoms with E-state index in [4.69, 9.17) is 25.5 Å². The Bertz CT molecular complexity index is 135. The average Bonchev–Trinajstić information content (AvgIpc) is 1.78. The van der Waals surface area contributed by atoms with Crippen LogP contribution in [-0.4, -0.2) is 35.7 Å². The van der Waals surface area contributed by atoms with Gasteiger partial charge >= 0.3 is 8.80 Å². The average molecular weight is 179 g/mol. The van der Waals surface area contributed by atoms with Gasteiger partial charge in [-0.3, -0.25) is 5.41 Å². The molecule has 0 unspecified atom stereocenters. The molecule has 7 heteroatoms. The molecular weight excluding hydrogens is 166 g/mol.